The molecule has 1 nitrogen and oxygen atoms in total. The van der Waals surface area contributed by atoms with Gasteiger partial charge in [0.1, 0.15) is 0 Å². The van der Waals surface area contributed by atoms with Crippen LogP contribution in [0.2, 0.25) is 0 Å². The lowest BCUT2D eigenvalue weighted by Gasteiger charge is -2.35. The van der Waals surface area contributed by atoms with Crippen molar-refractivity contribution in [2.45, 2.75) is 5.41 Å². The zero-order chi connectivity index (χ0) is 41.0. The van der Waals surface area contributed by atoms with Crippen LogP contribution in [-0.2, 0) is 5.41 Å². The first-order valence-corrected chi connectivity index (χ1v) is 21.5. The van der Waals surface area contributed by atoms with E-state index in [1.807, 2.05) is 0 Å². The molecule has 62 heavy (non-hydrogen) atoms. The second-order valence-electron chi connectivity index (χ2n) is 16.3. The van der Waals surface area contributed by atoms with E-state index in [0.29, 0.717) is 0 Å². The molecule has 12 rings (SSSR count). The quantitative estimate of drug-likeness (QED) is 0.145. The molecule has 290 valence electrons. The third-order valence-corrected chi connectivity index (χ3v) is 13.1. The first kappa shape index (κ1) is 35.9. The highest BCUT2D eigenvalue weighted by Crippen LogP contribution is 2.61. The first-order valence-electron chi connectivity index (χ1n) is 21.5. The third kappa shape index (κ3) is 5.42. The van der Waals surface area contributed by atoms with Crippen LogP contribution in [0.1, 0.15) is 22.3 Å². The number of hydrogen-bond donors (Lipinski definition) is 0. The number of rotatable bonds is 7. The van der Waals surface area contributed by atoms with Gasteiger partial charge < -0.3 is 4.90 Å². The lowest BCUT2D eigenvalue weighted by atomic mass is 9.68. The highest BCUT2D eigenvalue weighted by Gasteiger charge is 2.47. The van der Waals surface area contributed by atoms with E-state index in [1.165, 1.54) is 88.0 Å². The van der Waals surface area contributed by atoms with Crippen LogP contribution in [0.3, 0.4) is 0 Å². The van der Waals surface area contributed by atoms with Gasteiger partial charge in [-0.15, -0.1) is 0 Å². The predicted molar refractivity (Wildman–Crippen MR) is 262 cm³/mol. The van der Waals surface area contributed by atoms with Crippen molar-refractivity contribution in [1.29, 1.82) is 0 Å². The summed E-state index contributed by atoms with van der Waals surface area (Å²) in [5.41, 5.74) is 15.1. The lowest BCUT2D eigenvalue weighted by Crippen LogP contribution is -2.28. The second kappa shape index (κ2) is 14.6. The number of fused-ring (bicyclic) bond motifs is 7. The van der Waals surface area contributed by atoms with Gasteiger partial charge in [0.05, 0.1) is 16.8 Å². The lowest BCUT2D eigenvalue weighted by molar-refractivity contribution is 0.768. The molecule has 0 heterocycles. The Labute approximate surface area is 362 Å². The maximum absolute atomic E-state index is 2.60. The van der Waals surface area contributed by atoms with Crippen molar-refractivity contribution in [2.24, 2.45) is 0 Å². The maximum Gasteiger partial charge on any atom is 0.0714 e. The molecule has 1 aliphatic carbocycles. The molecule has 0 N–H and O–H groups in total. The average Bonchev–Trinajstić information content (AvgIpc) is 3.66. The summed E-state index contributed by atoms with van der Waals surface area (Å²) in [4.78, 5) is 2.60. The molecule has 0 radical (unpaired) electrons. The Morgan fingerprint density at radius 2 is 0.806 bits per heavy atom. The minimum atomic E-state index is -0.550. The Hall–Kier alpha value is -8.00. The molecule has 0 aliphatic heterocycles. The van der Waals surface area contributed by atoms with Crippen molar-refractivity contribution in [2.75, 3.05) is 4.90 Å². The van der Waals surface area contributed by atoms with Crippen LogP contribution < -0.4 is 4.90 Å². The fraction of sp³-hybridized carbons (Fsp3) is 0.0164. The van der Waals surface area contributed by atoms with Crippen LogP contribution >= 0.6 is 0 Å². The van der Waals surface area contributed by atoms with Gasteiger partial charge in [-0.05, 0) is 89.6 Å². The average molecular weight is 788 g/mol. The van der Waals surface area contributed by atoms with Gasteiger partial charge >= 0.3 is 0 Å². The van der Waals surface area contributed by atoms with Crippen LogP contribution in [0.15, 0.2) is 249 Å². The van der Waals surface area contributed by atoms with Gasteiger partial charge in [-0.1, -0.05) is 231 Å². The predicted octanol–water partition coefficient (Wildman–Crippen LogP) is 16.3. The molecule has 0 atom stereocenters. The van der Waals surface area contributed by atoms with Crippen molar-refractivity contribution in [3.05, 3.63) is 271 Å². The van der Waals surface area contributed by atoms with Gasteiger partial charge in [0.25, 0.3) is 0 Å². The van der Waals surface area contributed by atoms with Gasteiger partial charge in [-0.25, -0.2) is 0 Å². The van der Waals surface area contributed by atoms with Gasteiger partial charge in [0.2, 0.25) is 0 Å². The van der Waals surface area contributed by atoms with Crippen LogP contribution in [0.5, 0.6) is 0 Å². The van der Waals surface area contributed by atoms with Gasteiger partial charge in [0, 0.05) is 22.2 Å². The smallest absolute Gasteiger partial charge is 0.0714 e. The Kier molecular flexibility index (Phi) is 8.47. The highest BCUT2D eigenvalue weighted by molar-refractivity contribution is 6.24. The highest BCUT2D eigenvalue weighted by atomic mass is 15.2. The van der Waals surface area contributed by atoms with Gasteiger partial charge in [-0.3, -0.25) is 0 Å². The summed E-state index contributed by atoms with van der Waals surface area (Å²) in [7, 11) is 0. The normalized spacial score (nSPS) is 12.6. The minimum absolute atomic E-state index is 0.550. The zero-order valence-electron chi connectivity index (χ0n) is 34.1. The largest absolute Gasteiger partial charge is 0.309 e. The Bertz CT molecular complexity index is 3420. The van der Waals surface area contributed by atoms with Crippen molar-refractivity contribution in [1.82, 2.24) is 0 Å². The SMILES string of the molecule is c1ccc(-c2cccc(N(c3cccc4c3-c3ccccc3C4(c3ccccc3)c3ccccc3)c3c(-c4cccc5ccccc45)c4ccccc4c4ccccc34)c2)cc1. The maximum atomic E-state index is 2.60. The zero-order valence-corrected chi connectivity index (χ0v) is 34.1. The Balaban J connectivity index is 1.27. The minimum Gasteiger partial charge on any atom is -0.309 e. The van der Waals surface area contributed by atoms with Crippen molar-refractivity contribution < 1.29 is 0 Å². The van der Waals surface area contributed by atoms with E-state index < -0.39 is 5.41 Å². The fourth-order valence-corrected chi connectivity index (χ4v) is 10.6. The molecular weight excluding hydrogens is 747 g/mol. The van der Waals surface area contributed by atoms with Gasteiger partial charge in [0.15, 0.2) is 0 Å². The van der Waals surface area contributed by atoms with E-state index in [-0.39, 0.29) is 0 Å². The summed E-state index contributed by atoms with van der Waals surface area (Å²) in [5.74, 6) is 0. The topological polar surface area (TPSA) is 3.24 Å². The molecule has 11 aromatic rings. The summed E-state index contributed by atoms with van der Waals surface area (Å²) >= 11 is 0. The van der Waals surface area contributed by atoms with E-state index in [0.717, 1.165) is 17.1 Å². The van der Waals surface area contributed by atoms with Crippen LogP contribution in [0.25, 0.3) is 65.7 Å². The molecule has 0 fully saturated rings. The molecule has 0 aromatic heterocycles. The van der Waals surface area contributed by atoms with Crippen LogP contribution in [-0.4, -0.2) is 0 Å². The van der Waals surface area contributed by atoms with Crippen LogP contribution in [0.4, 0.5) is 17.1 Å². The number of nitrogens with zero attached hydrogens (tertiary/aromatic N) is 1. The molecule has 0 saturated heterocycles. The number of benzene rings is 11. The molecule has 0 spiro atoms. The molecule has 0 amide bonds. The summed E-state index contributed by atoms with van der Waals surface area (Å²) in [5, 5.41) is 7.32. The fourth-order valence-electron chi connectivity index (χ4n) is 10.6. The number of anilines is 3. The van der Waals surface area contributed by atoms with Crippen LogP contribution in [0, 0.1) is 0 Å². The van der Waals surface area contributed by atoms with Gasteiger partial charge in [-0.2, -0.15) is 0 Å². The van der Waals surface area contributed by atoms with E-state index in [1.54, 1.807) is 0 Å². The summed E-state index contributed by atoms with van der Waals surface area (Å²) < 4.78 is 0. The monoisotopic (exact) mass is 787 g/mol. The third-order valence-electron chi connectivity index (χ3n) is 13.1. The summed E-state index contributed by atoms with van der Waals surface area (Å²) in [6.07, 6.45) is 0. The Morgan fingerprint density at radius 1 is 0.306 bits per heavy atom. The summed E-state index contributed by atoms with van der Waals surface area (Å²) in [6.45, 7) is 0. The van der Waals surface area contributed by atoms with E-state index in [9.17, 15) is 0 Å². The second-order valence-corrected chi connectivity index (χ2v) is 16.3. The molecule has 1 heteroatoms. The first-order chi connectivity index (χ1) is 30.8. The van der Waals surface area contributed by atoms with E-state index in [2.05, 4.69) is 254 Å². The molecule has 0 bridgehead atoms. The Morgan fingerprint density at radius 3 is 1.55 bits per heavy atom. The van der Waals surface area contributed by atoms with E-state index in [4.69, 9.17) is 0 Å². The number of hydrogen-bond acceptors (Lipinski definition) is 1. The molecule has 11 aromatic carbocycles. The standard InChI is InChI=1S/C61H41N/c1-4-21-42(22-5-1)44-25-18-30-47(41-44)62(60-53-35-15-13-33-50(53)49-32-12-14-34-52(49)58(60)51-37-19-24-43-23-10-11-31-48(43)51)57-40-20-39-56-59(57)54-36-16-17-38-55(54)61(56,45-26-6-2-7-27-45)46-28-8-3-9-29-46/h1-41H. The van der Waals surface area contributed by atoms with E-state index >= 15 is 0 Å². The molecule has 0 saturated carbocycles. The van der Waals surface area contributed by atoms with Crippen molar-refractivity contribution in [3.63, 3.8) is 0 Å². The molecular formula is C61H41N. The molecule has 0 unspecified atom stereocenters. The van der Waals surface area contributed by atoms with Crippen molar-refractivity contribution >= 4 is 49.4 Å². The van der Waals surface area contributed by atoms with Crippen molar-refractivity contribution in [3.8, 4) is 33.4 Å². The molecule has 1 aliphatic rings. The summed E-state index contributed by atoms with van der Waals surface area (Å²) in [6, 6.07) is 91.9.